The van der Waals surface area contributed by atoms with Crippen LogP contribution in [0.15, 0.2) is 97.5 Å². The van der Waals surface area contributed by atoms with E-state index in [2.05, 4.69) is 94.4 Å². The van der Waals surface area contributed by atoms with Gasteiger partial charge in [0.1, 0.15) is 17.2 Å². The van der Waals surface area contributed by atoms with Crippen LogP contribution in [-0.2, 0) is 19.2 Å². The average Bonchev–Trinajstić information content (AvgIpc) is 3.74. The zero-order valence-corrected chi connectivity index (χ0v) is 37.1. The molecule has 62 heavy (non-hydrogen) atoms. The molecule has 1 aliphatic carbocycles. The van der Waals surface area contributed by atoms with Crippen molar-refractivity contribution in [1.29, 1.82) is 4.78 Å². The molecule has 2 atom stereocenters. The van der Waals surface area contributed by atoms with E-state index in [1.54, 1.807) is 6.20 Å². The highest BCUT2D eigenvalue weighted by molar-refractivity contribution is 7.93. The number of rotatable bonds is 16. The van der Waals surface area contributed by atoms with Gasteiger partial charge in [0.2, 0.25) is 0 Å². The number of allylic oxidation sites excluding steroid dienone is 1. The van der Waals surface area contributed by atoms with Crippen molar-refractivity contribution in [2.75, 3.05) is 37.0 Å². The Labute approximate surface area is 368 Å². The molecule has 2 fully saturated rings. The molecule has 0 amide bonds. The maximum atomic E-state index is 14.4. The lowest BCUT2D eigenvalue weighted by atomic mass is 9.86. The Kier molecular flexibility index (Phi) is 11.9. The highest BCUT2D eigenvalue weighted by Crippen LogP contribution is 2.54. The summed E-state index contributed by atoms with van der Waals surface area (Å²) >= 11 is 6.37. The van der Waals surface area contributed by atoms with Crippen molar-refractivity contribution in [3.05, 3.63) is 130 Å². The first-order valence-corrected chi connectivity index (χ1v) is 23.8. The number of nitrogens with zero attached hydrogens (tertiary/aromatic N) is 5. The topological polar surface area (TPSA) is 146 Å². The van der Waals surface area contributed by atoms with Gasteiger partial charge in [-0.1, -0.05) is 55.6 Å². The van der Waals surface area contributed by atoms with Crippen molar-refractivity contribution in [3.8, 4) is 17.1 Å². The van der Waals surface area contributed by atoms with Crippen LogP contribution in [0.2, 0.25) is 5.02 Å². The fraction of sp³-hybridized carbons (Fsp3) is 0.347. The van der Waals surface area contributed by atoms with E-state index in [1.807, 2.05) is 42.7 Å². The fourth-order valence-corrected chi connectivity index (χ4v) is 11.4. The van der Waals surface area contributed by atoms with E-state index < -0.39 is 14.5 Å². The molecular weight excluding hydrogens is 816 g/mol. The van der Waals surface area contributed by atoms with E-state index in [1.165, 1.54) is 16.7 Å². The smallest absolute Gasteiger partial charge is 0.162 e. The summed E-state index contributed by atoms with van der Waals surface area (Å²) in [5, 5.41) is 10.0. The number of benzene rings is 3. The van der Waals surface area contributed by atoms with Crippen molar-refractivity contribution in [3.63, 3.8) is 0 Å². The maximum Gasteiger partial charge on any atom is 0.162 e. The van der Waals surface area contributed by atoms with Crippen molar-refractivity contribution in [1.82, 2.24) is 30.1 Å². The first-order chi connectivity index (χ1) is 30.1. The van der Waals surface area contributed by atoms with Crippen LogP contribution in [-0.4, -0.2) is 72.5 Å². The van der Waals surface area contributed by atoms with Gasteiger partial charge in [-0.3, -0.25) is 9.88 Å². The van der Waals surface area contributed by atoms with Crippen LogP contribution >= 0.6 is 11.6 Å². The predicted molar refractivity (Wildman–Crippen MR) is 250 cm³/mol. The number of morpholine rings is 1. The Morgan fingerprint density at radius 3 is 2.61 bits per heavy atom. The van der Waals surface area contributed by atoms with Crippen LogP contribution in [0.1, 0.15) is 86.7 Å². The lowest BCUT2D eigenvalue weighted by Gasteiger charge is -2.35. The molecule has 1 saturated carbocycles. The summed E-state index contributed by atoms with van der Waals surface area (Å²) in [7, 11) is -3.00. The summed E-state index contributed by atoms with van der Waals surface area (Å²) in [6.45, 7) is 8.96. The van der Waals surface area contributed by atoms with Gasteiger partial charge in [0.25, 0.3) is 0 Å². The minimum absolute atomic E-state index is 0.131. The number of H-pyrrole nitrogens is 2. The quantitative estimate of drug-likeness (QED) is 0.0643. The number of hydrogen-bond donors (Lipinski definition) is 3. The van der Waals surface area contributed by atoms with Crippen molar-refractivity contribution >= 4 is 60.2 Å². The molecule has 1 aliphatic heterocycles. The summed E-state index contributed by atoms with van der Waals surface area (Å²) in [4.78, 5) is 20.0. The summed E-state index contributed by atoms with van der Waals surface area (Å²) in [5.74, 6) is 2.53. The van der Waals surface area contributed by atoms with Gasteiger partial charge in [0, 0.05) is 52.1 Å². The zero-order valence-electron chi connectivity index (χ0n) is 35.5. The summed E-state index contributed by atoms with van der Waals surface area (Å²) in [6.07, 6.45) is 11.1. The second kappa shape index (κ2) is 17.7. The van der Waals surface area contributed by atoms with E-state index in [0.29, 0.717) is 62.9 Å². The average molecular weight is 870 g/mol. The number of halogens is 1. The Morgan fingerprint density at radius 2 is 1.82 bits per heavy atom. The number of hydrogen-bond acceptors (Lipinski definition) is 9. The second-order valence-corrected chi connectivity index (χ2v) is 19.6. The lowest BCUT2D eigenvalue weighted by Crippen LogP contribution is -2.44. The van der Waals surface area contributed by atoms with E-state index in [4.69, 9.17) is 31.0 Å². The van der Waals surface area contributed by atoms with Gasteiger partial charge in [0.15, 0.2) is 5.82 Å². The molecule has 0 spiro atoms. The van der Waals surface area contributed by atoms with Crippen LogP contribution in [0.3, 0.4) is 0 Å². The third kappa shape index (κ3) is 8.35. The molecule has 9 rings (SSSR count). The Morgan fingerprint density at radius 1 is 1.00 bits per heavy atom. The van der Waals surface area contributed by atoms with Crippen molar-refractivity contribution in [2.24, 2.45) is 0 Å². The van der Waals surface area contributed by atoms with Gasteiger partial charge >= 0.3 is 0 Å². The number of aryl methyl sites for hydroxylation is 1. The minimum atomic E-state index is -3.00. The van der Waals surface area contributed by atoms with Crippen LogP contribution < -0.4 is 9.64 Å². The van der Waals surface area contributed by atoms with Gasteiger partial charge in [0.05, 0.1) is 57.7 Å². The SMILES string of the molecule is CC/C(=C(/c1ccc(OCCCCCCS(=N)(=O)C2(c3cc(N4CCOC[C@H]4C)nc(-c4ccnc5[nH]ccc45)n3)CC2)cc1)c1ccc2[nH]ncc2c1)c1ccc(Cl)cc1C. The highest BCUT2D eigenvalue weighted by atomic mass is 35.5. The second-order valence-electron chi connectivity index (χ2n) is 16.6. The molecule has 11 nitrogen and oxygen atoms in total. The number of ether oxygens (including phenoxy) is 2. The number of pyridine rings is 1. The number of nitrogens with one attached hydrogen (secondary N) is 3. The zero-order chi connectivity index (χ0) is 42.8. The van der Waals surface area contributed by atoms with Crippen molar-refractivity contribution in [2.45, 2.75) is 76.5 Å². The van der Waals surface area contributed by atoms with Crippen LogP contribution in [0, 0.1) is 11.7 Å². The standard InChI is InChI=1S/C49H53ClN8O3S/c1-4-39(40-15-12-37(50)27-32(40)2)46(35-11-16-43-36(28-35)30-54-57-43)34-9-13-38(14-10-34)61-24-7-5-6-8-26-62(51,59)49(19-20-49)44-29-45(58-23-25-60-31-33(58)3)56-48(55-44)42-18-22-53-47-41(42)17-21-52-47/h9-18,21-22,27-30,33,51H,4-8,19-20,23-26,31H2,1-3H3,(H,52,53)(H,54,57)/b46-39+/t33-,62?/m1/s1. The Hall–Kier alpha value is -5.56. The first-order valence-electron chi connectivity index (χ1n) is 21.7. The normalized spacial score (nSPS) is 17.5. The van der Waals surface area contributed by atoms with E-state index in [9.17, 15) is 8.99 Å². The van der Waals surface area contributed by atoms with Gasteiger partial charge in [-0.15, -0.1) is 0 Å². The molecule has 1 saturated heterocycles. The van der Waals surface area contributed by atoms with Gasteiger partial charge in [-0.2, -0.15) is 5.10 Å². The van der Waals surface area contributed by atoms with Crippen LogP contribution in [0.5, 0.6) is 5.75 Å². The van der Waals surface area contributed by atoms with Crippen LogP contribution in [0.25, 0.3) is 44.5 Å². The maximum absolute atomic E-state index is 14.4. The number of aromatic nitrogens is 6. The highest BCUT2D eigenvalue weighted by Gasteiger charge is 2.54. The molecule has 7 aromatic rings. The summed E-state index contributed by atoms with van der Waals surface area (Å²) < 4.78 is 34.9. The Bertz CT molecular complexity index is 2870. The third-order valence-corrected chi connectivity index (χ3v) is 15.5. The molecule has 320 valence electrons. The molecule has 13 heteroatoms. The molecule has 5 heterocycles. The predicted octanol–water partition coefficient (Wildman–Crippen LogP) is 11.1. The minimum Gasteiger partial charge on any atom is -0.494 e. The first kappa shape index (κ1) is 41.8. The molecule has 1 unspecified atom stereocenters. The van der Waals surface area contributed by atoms with Crippen LogP contribution in [0.4, 0.5) is 5.82 Å². The number of anilines is 1. The largest absolute Gasteiger partial charge is 0.494 e. The van der Waals surface area contributed by atoms with Gasteiger partial charge < -0.3 is 19.4 Å². The fourth-order valence-electron chi connectivity index (χ4n) is 8.97. The molecule has 0 bridgehead atoms. The summed E-state index contributed by atoms with van der Waals surface area (Å²) in [5.41, 5.74) is 10.3. The van der Waals surface area contributed by atoms with E-state index in [-0.39, 0.29) is 6.04 Å². The molecule has 3 aromatic carbocycles. The summed E-state index contributed by atoms with van der Waals surface area (Å²) in [6, 6.07) is 27.0. The molecular formula is C49H53ClN8O3S. The van der Waals surface area contributed by atoms with E-state index in [0.717, 1.165) is 86.5 Å². The van der Waals surface area contributed by atoms with Gasteiger partial charge in [-0.05, 0) is 128 Å². The Balaban J connectivity index is 0.845. The third-order valence-electron chi connectivity index (χ3n) is 12.5. The molecule has 0 radical (unpaired) electrons. The molecule has 3 N–H and O–H groups in total. The molecule has 4 aromatic heterocycles. The number of fused-ring (bicyclic) bond motifs is 2. The monoisotopic (exact) mass is 868 g/mol. The molecule has 2 aliphatic rings. The van der Waals surface area contributed by atoms with Gasteiger partial charge in [-0.25, -0.2) is 19.2 Å². The number of unbranched alkanes of at least 4 members (excludes halogenated alkanes) is 3. The van der Waals surface area contributed by atoms with E-state index >= 15 is 0 Å². The van der Waals surface area contributed by atoms with Crippen molar-refractivity contribution < 1.29 is 13.7 Å². The number of aromatic amines is 2. The lowest BCUT2D eigenvalue weighted by molar-refractivity contribution is 0.0985.